The summed E-state index contributed by atoms with van der Waals surface area (Å²) < 4.78 is 6.85. The molecular formula is C12H20N6OS. The van der Waals surface area contributed by atoms with E-state index in [2.05, 4.69) is 39.8 Å². The third-order valence-electron chi connectivity index (χ3n) is 2.58. The summed E-state index contributed by atoms with van der Waals surface area (Å²) in [5.74, 6) is 2.17. The van der Waals surface area contributed by atoms with Crippen molar-refractivity contribution in [1.29, 1.82) is 0 Å². The van der Waals surface area contributed by atoms with Gasteiger partial charge in [0.1, 0.15) is 5.76 Å². The molecular weight excluding hydrogens is 276 g/mol. The van der Waals surface area contributed by atoms with Crippen molar-refractivity contribution in [3.63, 3.8) is 0 Å². The summed E-state index contributed by atoms with van der Waals surface area (Å²) >= 11 is 1.56. The maximum Gasteiger partial charge on any atom is 0.209 e. The Hall–Kier alpha value is -1.41. The number of hydrogen-bond acceptors (Lipinski definition) is 7. The number of thioether (sulfide) groups is 1. The molecule has 8 heteroatoms. The van der Waals surface area contributed by atoms with Gasteiger partial charge in [-0.2, -0.15) is 0 Å². The van der Waals surface area contributed by atoms with Crippen LogP contribution in [0.4, 0.5) is 0 Å². The lowest BCUT2D eigenvalue weighted by atomic mass is 10.2. The van der Waals surface area contributed by atoms with Crippen LogP contribution in [0.5, 0.6) is 0 Å². The van der Waals surface area contributed by atoms with Gasteiger partial charge in [0.05, 0.1) is 12.2 Å². The predicted octanol–water partition coefficient (Wildman–Crippen LogP) is 1.51. The van der Waals surface area contributed by atoms with Gasteiger partial charge in [-0.05, 0) is 29.8 Å². The summed E-state index contributed by atoms with van der Waals surface area (Å²) in [7, 11) is 0. The van der Waals surface area contributed by atoms with Crippen LogP contribution in [0.2, 0.25) is 0 Å². The highest BCUT2D eigenvalue weighted by atomic mass is 32.2. The van der Waals surface area contributed by atoms with Crippen molar-refractivity contribution in [2.45, 2.75) is 38.2 Å². The number of rotatable bonds is 8. The van der Waals surface area contributed by atoms with Gasteiger partial charge in [0.15, 0.2) is 0 Å². The second-order valence-corrected chi connectivity index (χ2v) is 5.94. The monoisotopic (exact) mass is 296 g/mol. The normalized spacial score (nSPS) is 11.4. The van der Waals surface area contributed by atoms with E-state index >= 15 is 0 Å². The fraction of sp³-hybridized carbons (Fsp3) is 0.667. The van der Waals surface area contributed by atoms with Gasteiger partial charge in [-0.25, -0.2) is 4.68 Å². The molecule has 0 fully saturated rings. The van der Waals surface area contributed by atoms with Crippen LogP contribution in [0.15, 0.2) is 15.7 Å². The first-order valence-electron chi connectivity index (χ1n) is 6.67. The van der Waals surface area contributed by atoms with E-state index in [9.17, 15) is 0 Å². The second kappa shape index (κ2) is 7.39. The topological polar surface area (TPSA) is 81.7 Å². The van der Waals surface area contributed by atoms with Crippen LogP contribution in [-0.4, -0.2) is 38.5 Å². The Balaban J connectivity index is 1.79. The van der Waals surface area contributed by atoms with E-state index in [-0.39, 0.29) is 0 Å². The fourth-order valence-electron chi connectivity index (χ4n) is 1.64. The van der Waals surface area contributed by atoms with Crippen LogP contribution in [0, 0.1) is 12.8 Å². The molecule has 1 N–H and O–H groups in total. The fourth-order valence-corrected chi connectivity index (χ4v) is 2.42. The number of aryl methyl sites for hydroxylation is 1. The standard InChI is InChI=1S/C12H20N6OS/c1-9(2)7-13-4-5-18-12(14-16-17-18)20-8-11-6-10(3)19-15-11/h6,9,13H,4-5,7-8H2,1-3H3. The molecule has 0 amide bonds. The minimum atomic E-state index is 0.646. The largest absolute Gasteiger partial charge is 0.361 e. The molecule has 0 aliphatic rings. The predicted molar refractivity (Wildman–Crippen MR) is 76.3 cm³/mol. The van der Waals surface area contributed by atoms with Gasteiger partial charge in [0.2, 0.25) is 5.16 Å². The average molecular weight is 296 g/mol. The maximum absolute atomic E-state index is 5.03. The van der Waals surface area contributed by atoms with Crippen LogP contribution in [0.25, 0.3) is 0 Å². The first-order chi connectivity index (χ1) is 9.65. The van der Waals surface area contributed by atoms with Gasteiger partial charge in [-0.3, -0.25) is 0 Å². The molecule has 2 aromatic rings. The number of tetrazole rings is 1. The lowest BCUT2D eigenvalue weighted by Gasteiger charge is -2.07. The highest BCUT2D eigenvalue weighted by Crippen LogP contribution is 2.19. The molecule has 7 nitrogen and oxygen atoms in total. The molecule has 20 heavy (non-hydrogen) atoms. The van der Waals surface area contributed by atoms with Crippen molar-refractivity contribution < 1.29 is 4.52 Å². The van der Waals surface area contributed by atoms with Crippen LogP contribution in [0.3, 0.4) is 0 Å². The van der Waals surface area contributed by atoms with Gasteiger partial charge < -0.3 is 9.84 Å². The molecule has 110 valence electrons. The minimum absolute atomic E-state index is 0.646. The Morgan fingerprint density at radius 3 is 3.00 bits per heavy atom. The zero-order valence-corrected chi connectivity index (χ0v) is 12.9. The van der Waals surface area contributed by atoms with Gasteiger partial charge in [0.25, 0.3) is 0 Å². The third kappa shape index (κ3) is 4.61. The molecule has 0 unspecified atom stereocenters. The van der Waals surface area contributed by atoms with E-state index < -0.39 is 0 Å². The maximum atomic E-state index is 5.03. The summed E-state index contributed by atoms with van der Waals surface area (Å²) in [5.41, 5.74) is 0.903. The molecule has 0 bridgehead atoms. The van der Waals surface area contributed by atoms with E-state index in [0.29, 0.717) is 11.7 Å². The summed E-state index contributed by atoms with van der Waals surface area (Å²) in [4.78, 5) is 0. The molecule has 0 saturated heterocycles. The van der Waals surface area contributed by atoms with E-state index in [4.69, 9.17) is 4.52 Å². The van der Waals surface area contributed by atoms with Crippen molar-refractivity contribution >= 4 is 11.8 Å². The van der Waals surface area contributed by atoms with Crippen LogP contribution in [0.1, 0.15) is 25.3 Å². The molecule has 2 rings (SSSR count). The Kier molecular flexibility index (Phi) is 5.54. The SMILES string of the molecule is Cc1cc(CSc2nnnn2CCNCC(C)C)no1. The van der Waals surface area contributed by atoms with Gasteiger partial charge in [0, 0.05) is 18.4 Å². The molecule has 2 aromatic heterocycles. The Morgan fingerprint density at radius 2 is 2.30 bits per heavy atom. The van der Waals surface area contributed by atoms with Crippen molar-refractivity contribution in [1.82, 2.24) is 30.7 Å². The van der Waals surface area contributed by atoms with Crippen LogP contribution < -0.4 is 5.32 Å². The highest BCUT2D eigenvalue weighted by molar-refractivity contribution is 7.98. The summed E-state index contributed by atoms with van der Waals surface area (Å²) in [6, 6.07) is 1.92. The van der Waals surface area contributed by atoms with Crippen molar-refractivity contribution in [2.75, 3.05) is 13.1 Å². The summed E-state index contributed by atoms with van der Waals surface area (Å²) in [5, 5.41) is 19.9. The Bertz CT molecular complexity index is 524. The smallest absolute Gasteiger partial charge is 0.209 e. The van der Waals surface area contributed by atoms with E-state index in [1.165, 1.54) is 0 Å². The molecule has 0 atom stereocenters. The number of nitrogens with zero attached hydrogens (tertiary/aromatic N) is 5. The van der Waals surface area contributed by atoms with E-state index in [0.717, 1.165) is 36.2 Å². The molecule has 0 saturated carbocycles. The minimum Gasteiger partial charge on any atom is -0.361 e. The van der Waals surface area contributed by atoms with Crippen LogP contribution >= 0.6 is 11.8 Å². The molecule has 2 heterocycles. The number of hydrogen-bond donors (Lipinski definition) is 1. The van der Waals surface area contributed by atoms with Gasteiger partial charge in [-0.1, -0.05) is 30.8 Å². The number of aromatic nitrogens is 5. The third-order valence-corrected chi connectivity index (χ3v) is 3.57. The van der Waals surface area contributed by atoms with E-state index in [1.54, 1.807) is 11.8 Å². The van der Waals surface area contributed by atoms with Crippen molar-refractivity contribution in [3.8, 4) is 0 Å². The number of nitrogens with one attached hydrogen (secondary N) is 1. The zero-order chi connectivity index (χ0) is 14.4. The summed E-state index contributed by atoms with van der Waals surface area (Å²) in [6.07, 6.45) is 0. The Labute approximate surface area is 122 Å². The lowest BCUT2D eigenvalue weighted by molar-refractivity contribution is 0.393. The highest BCUT2D eigenvalue weighted by Gasteiger charge is 2.08. The van der Waals surface area contributed by atoms with Gasteiger partial charge in [-0.15, -0.1) is 5.10 Å². The molecule has 0 spiro atoms. The van der Waals surface area contributed by atoms with Crippen molar-refractivity contribution in [3.05, 3.63) is 17.5 Å². The molecule has 0 aromatic carbocycles. The summed E-state index contributed by atoms with van der Waals surface area (Å²) in [6.45, 7) is 8.88. The zero-order valence-electron chi connectivity index (χ0n) is 12.0. The first kappa shape index (κ1) is 15.0. The van der Waals surface area contributed by atoms with E-state index in [1.807, 2.05) is 17.7 Å². The lowest BCUT2D eigenvalue weighted by Crippen LogP contribution is -2.24. The molecule has 0 radical (unpaired) electrons. The van der Waals surface area contributed by atoms with Crippen molar-refractivity contribution in [2.24, 2.45) is 5.92 Å². The molecule has 0 aliphatic carbocycles. The first-order valence-corrected chi connectivity index (χ1v) is 7.65. The second-order valence-electron chi connectivity index (χ2n) is 5.00. The molecule has 0 aliphatic heterocycles. The van der Waals surface area contributed by atoms with Crippen LogP contribution in [-0.2, 0) is 12.3 Å². The quantitative estimate of drug-likeness (QED) is 0.584. The average Bonchev–Trinajstić information content (AvgIpc) is 3.01. The van der Waals surface area contributed by atoms with Gasteiger partial charge >= 0.3 is 0 Å². The Morgan fingerprint density at radius 1 is 1.45 bits per heavy atom.